The molecule has 104 valence electrons. The first kappa shape index (κ1) is 14.9. The monoisotopic (exact) mass is 265 g/mol. The quantitative estimate of drug-likeness (QED) is 0.485. The second kappa shape index (κ2) is 6.17. The van der Waals surface area contributed by atoms with E-state index in [1.165, 1.54) is 18.2 Å². The lowest BCUT2D eigenvalue weighted by atomic mass is 10.0. The van der Waals surface area contributed by atoms with E-state index in [9.17, 15) is 14.9 Å². The van der Waals surface area contributed by atoms with Crippen molar-refractivity contribution in [1.82, 2.24) is 5.32 Å². The number of amides is 1. The van der Waals surface area contributed by atoms with Gasteiger partial charge in [0.2, 0.25) is 0 Å². The minimum Gasteiger partial charge on any atom is -0.393 e. The maximum Gasteiger partial charge on any atom is 0.292 e. The molecule has 3 N–H and O–H groups in total. The van der Waals surface area contributed by atoms with Gasteiger partial charge >= 0.3 is 0 Å². The molecule has 19 heavy (non-hydrogen) atoms. The standard InChI is InChI=1S/C13H19N3O3/c1-4-8(2)9(3)15-13(17)10-5-6-11(14)12(7-10)16(18)19/h5-9H,4,14H2,1-3H3,(H,15,17). The minimum absolute atomic E-state index is 0.00843. The van der Waals surface area contributed by atoms with E-state index in [2.05, 4.69) is 5.32 Å². The number of anilines is 1. The first-order chi connectivity index (χ1) is 8.86. The van der Waals surface area contributed by atoms with Gasteiger partial charge in [0.15, 0.2) is 0 Å². The highest BCUT2D eigenvalue weighted by atomic mass is 16.6. The average molecular weight is 265 g/mol. The predicted octanol–water partition coefficient (Wildman–Crippen LogP) is 2.34. The van der Waals surface area contributed by atoms with Gasteiger partial charge in [-0.1, -0.05) is 20.3 Å². The second-order valence-corrected chi connectivity index (χ2v) is 4.68. The van der Waals surface area contributed by atoms with Crippen LogP contribution in [0.2, 0.25) is 0 Å². The van der Waals surface area contributed by atoms with Crippen molar-refractivity contribution in [2.75, 3.05) is 5.73 Å². The van der Waals surface area contributed by atoms with E-state index >= 15 is 0 Å². The SMILES string of the molecule is CCC(C)C(C)NC(=O)c1ccc(N)c([N+](=O)[O-])c1. The molecule has 2 atom stereocenters. The summed E-state index contributed by atoms with van der Waals surface area (Å²) >= 11 is 0. The van der Waals surface area contributed by atoms with Crippen molar-refractivity contribution in [3.8, 4) is 0 Å². The number of carbonyl (C=O) groups is 1. The molecule has 6 heteroatoms. The molecule has 0 aliphatic carbocycles. The predicted molar refractivity (Wildman–Crippen MR) is 73.9 cm³/mol. The summed E-state index contributed by atoms with van der Waals surface area (Å²) in [6.07, 6.45) is 0.948. The number of hydrogen-bond donors (Lipinski definition) is 2. The Morgan fingerprint density at radius 1 is 1.47 bits per heavy atom. The molecule has 1 amide bonds. The van der Waals surface area contributed by atoms with Gasteiger partial charge in [-0.3, -0.25) is 14.9 Å². The summed E-state index contributed by atoms with van der Waals surface area (Å²) in [7, 11) is 0. The zero-order chi connectivity index (χ0) is 14.6. The van der Waals surface area contributed by atoms with Crippen molar-refractivity contribution in [3.05, 3.63) is 33.9 Å². The molecule has 6 nitrogen and oxygen atoms in total. The lowest BCUT2D eigenvalue weighted by Crippen LogP contribution is -2.36. The summed E-state index contributed by atoms with van der Waals surface area (Å²) in [6, 6.07) is 4.07. The third-order valence-electron chi connectivity index (χ3n) is 3.35. The fourth-order valence-electron chi connectivity index (χ4n) is 1.63. The third kappa shape index (κ3) is 3.67. The van der Waals surface area contributed by atoms with Crippen LogP contribution >= 0.6 is 0 Å². The molecule has 0 saturated carbocycles. The Kier molecular flexibility index (Phi) is 4.86. The van der Waals surface area contributed by atoms with Crippen LogP contribution in [0.5, 0.6) is 0 Å². The van der Waals surface area contributed by atoms with Crippen LogP contribution in [-0.2, 0) is 0 Å². The lowest BCUT2D eigenvalue weighted by molar-refractivity contribution is -0.383. The molecule has 0 aliphatic rings. The first-order valence-electron chi connectivity index (χ1n) is 6.21. The van der Waals surface area contributed by atoms with Gasteiger partial charge in [0, 0.05) is 17.7 Å². The Hall–Kier alpha value is -2.11. The van der Waals surface area contributed by atoms with E-state index in [0.29, 0.717) is 5.92 Å². The van der Waals surface area contributed by atoms with Crippen LogP contribution in [0.15, 0.2) is 18.2 Å². The zero-order valence-corrected chi connectivity index (χ0v) is 11.3. The first-order valence-corrected chi connectivity index (χ1v) is 6.21. The number of nitrogens with two attached hydrogens (primary N) is 1. The molecule has 0 aliphatic heterocycles. The molecule has 0 saturated heterocycles. The van der Waals surface area contributed by atoms with Gasteiger partial charge in [0.1, 0.15) is 5.69 Å². The number of hydrogen-bond acceptors (Lipinski definition) is 4. The summed E-state index contributed by atoms with van der Waals surface area (Å²) in [4.78, 5) is 22.2. The van der Waals surface area contributed by atoms with Crippen LogP contribution in [0.4, 0.5) is 11.4 Å². The van der Waals surface area contributed by atoms with E-state index < -0.39 is 4.92 Å². The Balaban J connectivity index is 2.89. The molecule has 0 aromatic heterocycles. The van der Waals surface area contributed by atoms with Gasteiger partial charge < -0.3 is 11.1 Å². The lowest BCUT2D eigenvalue weighted by Gasteiger charge is -2.19. The van der Waals surface area contributed by atoms with E-state index in [1.54, 1.807) is 0 Å². The van der Waals surface area contributed by atoms with E-state index in [1.807, 2.05) is 20.8 Å². The van der Waals surface area contributed by atoms with Gasteiger partial charge in [0.05, 0.1) is 4.92 Å². The van der Waals surface area contributed by atoms with Crippen molar-refractivity contribution in [2.45, 2.75) is 33.2 Å². The summed E-state index contributed by atoms with van der Waals surface area (Å²) in [5.74, 6) is 0.0172. The molecule has 2 unspecified atom stereocenters. The summed E-state index contributed by atoms with van der Waals surface area (Å²) in [5, 5.41) is 13.6. The zero-order valence-electron chi connectivity index (χ0n) is 11.3. The van der Waals surface area contributed by atoms with Gasteiger partial charge in [-0.25, -0.2) is 0 Å². The number of carbonyl (C=O) groups excluding carboxylic acids is 1. The number of nitrogens with zero attached hydrogens (tertiary/aromatic N) is 1. The fourth-order valence-corrected chi connectivity index (χ4v) is 1.63. The smallest absolute Gasteiger partial charge is 0.292 e. The highest BCUT2D eigenvalue weighted by molar-refractivity contribution is 5.95. The number of benzene rings is 1. The molecular formula is C13H19N3O3. The summed E-state index contributed by atoms with van der Waals surface area (Å²) < 4.78 is 0. The van der Waals surface area contributed by atoms with Crippen LogP contribution < -0.4 is 11.1 Å². The van der Waals surface area contributed by atoms with Gasteiger partial charge in [-0.15, -0.1) is 0 Å². The molecule has 1 rings (SSSR count). The Morgan fingerprint density at radius 2 is 2.11 bits per heavy atom. The number of nitrogen functional groups attached to an aromatic ring is 1. The van der Waals surface area contributed by atoms with Crippen molar-refractivity contribution in [2.24, 2.45) is 5.92 Å². The van der Waals surface area contributed by atoms with Gasteiger partial charge in [-0.2, -0.15) is 0 Å². The van der Waals surface area contributed by atoms with Crippen LogP contribution in [-0.4, -0.2) is 16.9 Å². The third-order valence-corrected chi connectivity index (χ3v) is 3.35. The maximum absolute atomic E-state index is 12.0. The molecule has 0 bridgehead atoms. The highest BCUT2D eigenvalue weighted by Gasteiger charge is 2.18. The molecular weight excluding hydrogens is 246 g/mol. The number of rotatable bonds is 5. The van der Waals surface area contributed by atoms with Gasteiger partial charge in [-0.05, 0) is 25.0 Å². The normalized spacial score (nSPS) is 13.6. The highest BCUT2D eigenvalue weighted by Crippen LogP contribution is 2.22. The van der Waals surface area contributed by atoms with E-state index in [0.717, 1.165) is 6.42 Å². The molecule has 0 spiro atoms. The second-order valence-electron chi connectivity index (χ2n) is 4.68. The van der Waals surface area contributed by atoms with Crippen LogP contribution in [0.3, 0.4) is 0 Å². The van der Waals surface area contributed by atoms with Crippen molar-refractivity contribution in [1.29, 1.82) is 0 Å². The maximum atomic E-state index is 12.0. The van der Waals surface area contributed by atoms with Crippen molar-refractivity contribution in [3.63, 3.8) is 0 Å². The molecule has 0 heterocycles. The summed E-state index contributed by atoms with van der Waals surface area (Å²) in [5.41, 5.74) is 5.54. The van der Waals surface area contributed by atoms with Crippen molar-refractivity contribution < 1.29 is 9.72 Å². The van der Waals surface area contributed by atoms with E-state index in [4.69, 9.17) is 5.73 Å². The fraction of sp³-hybridized carbons (Fsp3) is 0.462. The number of nitro benzene ring substituents is 1. The number of nitrogens with one attached hydrogen (secondary N) is 1. The number of nitro groups is 1. The topological polar surface area (TPSA) is 98.3 Å². The van der Waals surface area contributed by atoms with Gasteiger partial charge in [0.25, 0.3) is 11.6 Å². The Bertz CT molecular complexity index is 488. The Morgan fingerprint density at radius 3 is 2.63 bits per heavy atom. The van der Waals surface area contributed by atoms with Crippen LogP contribution in [0.1, 0.15) is 37.6 Å². The average Bonchev–Trinajstić information content (AvgIpc) is 2.37. The van der Waals surface area contributed by atoms with Crippen LogP contribution in [0.25, 0.3) is 0 Å². The molecule has 0 radical (unpaired) electrons. The van der Waals surface area contributed by atoms with Crippen molar-refractivity contribution >= 4 is 17.3 Å². The minimum atomic E-state index is -0.593. The molecule has 1 aromatic rings. The summed E-state index contributed by atoms with van der Waals surface area (Å²) in [6.45, 7) is 6.00. The largest absolute Gasteiger partial charge is 0.393 e. The van der Waals surface area contributed by atoms with Crippen LogP contribution in [0, 0.1) is 16.0 Å². The Labute approximate surface area is 112 Å². The molecule has 0 fully saturated rings. The van der Waals surface area contributed by atoms with E-state index in [-0.39, 0.29) is 28.9 Å². The molecule has 1 aromatic carbocycles.